The number of nitrogens with zero attached hydrogens (tertiary/aromatic N) is 2. The maximum atomic E-state index is 9.59. The summed E-state index contributed by atoms with van der Waals surface area (Å²) in [6, 6.07) is 14.1. The molecule has 2 rings (SSSR count). The first-order chi connectivity index (χ1) is 12.8. The Bertz CT molecular complexity index is 661. The van der Waals surface area contributed by atoms with Gasteiger partial charge in [0.2, 0.25) is 0 Å². The summed E-state index contributed by atoms with van der Waals surface area (Å²) in [5.74, 6) is 0.436. The van der Waals surface area contributed by atoms with Gasteiger partial charge in [-0.2, -0.15) is 0 Å². The molecule has 0 aliphatic carbocycles. The van der Waals surface area contributed by atoms with Crippen molar-refractivity contribution in [1.82, 2.24) is 0 Å². The molecule has 27 heavy (non-hydrogen) atoms. The van der Waals surface area contributed by atoms with Gasteiger partial charge in [-0.25, -0.2) is 0 Å². The summed E-state index contributed by atoms with van der Waals surface area (Å²) >= 11 is 0. The quantitative estimate of drug-likeness (QED) is 0.336. The molecule has 0 saturated carbocycles. The van der Waals surface area contributed by atoms with Crippen molar-refractivity contribution < 1.29 is 36.2 Å². The van der Waals surface area contributed by atoms with Gasteiger partial charge in [0, 0.05) is 40.0 Å². The molecule has 0 unspecified atom stereocenters. The number of aliphatic imine (C=N–C) groups is 2. The van der Waals surface area contributed by atoms with Crippen molar-refractivity contribution in [3.8, 4) is 11.5 Å². The number of rotatable bonds is 11. The number of ether oxygens (including phenoxy) is 2. The Morgan fingerprint density at radius 3 is 1.48 bits per heavy atom. The van der Waals surface area contributed by atoms with Gasteiger partial charge in [-0.05, 0) is 24.3 Å². The van der Waals surface area contributed by atoms with Gasteiger partial charge in [0.15, 0.2) is 0 Å². The van der Waals surface area contributed by atoms with Gasteiger partial charge in [-0.3, -0.25) is 9.98 Å². The third-order valence-electron chi connectivity index (χ3n) is 3.44. The number of phenolic OH excluding ortho intramolecular Hbond substituents is 2. The molecule has 0 aromatic heterocycles. The molecule has 7 heteroatoms. The van der Waals surface area contributed by atoms with Crippen LogP contribution >= 0.6 is 0 Å². The molecule has 148 valence electrons. The monoisotopic (exact) mass is 414 g/mol. The maximum Gasteiger partial charge on any atom is 0.124 e. The fourth-order valence-electron chi connectivity index (χ4n) is 2.08. The normalized spacial score (nSPS) is 11.1. The number of hydrogen-bond acceptors (Lipinski definition) is 6. The zero-order chi connectivity index (χ0) is 18.5. The largest absolute Gasteiger partial charge is 0.507 e. The van der Waals surface area contributed by atoms with Gasteiger partial charge in [0.1, 0.15) is 11.5 Å². The molecule has 0 aliphatic rings. The van der Waals surface area contributed by atoms with E-state index in [4.69, 9.17) is 9.47 Å². The van der Waals surface area contributed by atoms with Gasteiger partial charge in [-0.15, -0.1) is 0 Å². The fourth-order valence-corrected chi connectivity index (χ4v) is 2.08. The predicted molar refractivity (Wildman–Crippen MR) is 103 cm³/mol. The van der Waals surface area contributed by atoms with Crippen molar-refractivity contribution in [2.45, 2.75) is 0 Å². The van der Waals surface area contributed by atoms with Crippen LogP contribution in [0.2, 0.25) is 0 Å². The SMILES string of the molecule is Oc1ccccc1C=NCCOCCOCCN=Cc1ccccc1O.[Ni]. The first-order valence-electron chi connectivity index (χ1n) is 8.48. The van der Waals surface area contributed by atoms with E-state index >= 15 is 0 Å². The van der Waals surface area contributed by atoms with Crippen LogP contribution in [0.15, 0.2) is 58.5 Å². The third kappa shape index (κ3) is 9.34. The van der Waals surface area contributed by atoms with Gasteiger partial charge >= 0.3 is 0 Å². The Hall–Kier alpha value is -2.21. The van der Waals surface area contributed by atoms with Crippen LogP contribution in [-0.2, 0) is 26.0 Å². The molecule has 0 heterocycles. The summed E-state index contributed by atoms with van der Waals surface area (Å²) < 4.78 is 10.8. The second-order valence-electron chi connectivity index (χ2n) is 5.41. The Balaban J connectivity index is 0.00000364. The van der Waals surface area contributed by atoms with Crippen LogP contribution in [0, 0.1) is 0 Å². The van der Waals surface area contributed by atoms with Gasteiger partial charge < -0.3 is 19.7 Å². The van der Waals surface area contributed by atoms with Crippen LogP contribution in [0.25, 0.3) is 0 Å². The average Bonchev–Trinajstić information content (AvgIpc) is 2.65. The molecule has 6 nitrogen and oxygen atoms in total. The number of para-hydroxylation sites is 2. The summed E-state index contributed by atoms with van der Waals surface area (Å²) in [6.07, 6.45) is 3.27. The number of hydrogen-bond donors (Lipinski definition) is 2. The molecule has 0 atom stereocenters. The molecule has 0 bridgehead atoms. The molecule has 0 aliphatic heterocycles. The zero-order valence-corrected chi connectivity index (χ0v) is 15.9. The minimum absolute atomic E-state index is 0. The van der Waals surface area contributed by atoms with E-state index in [0.717, 1.165) is 0 Å². The Morgan fingerprint density at radius 1 is 0.667 bits per heavy atom. The van der Waals surface area contributed by atoms with Crippen LogP contribution in [0.1, 0.15) is 11.1 Å². The summed E-state index contributed by atoms with van der Waals surface area (Å²) in [4.78, 5) is 8.41. The number of benzene rings is 2. The van der Waals surface area contributed by atoms with Gasteiger partial charge in [0.05, 0.1) is 39.5 Å². The smallest absolute Gasteiger partial charge is 0.124 e. The van der Waals surface area contributed by atoms with E-state index in [0.29, 0.717) is 50.6 Å². The molecule has 0 radical (unpaired) electrons. The molecule has 2 N–H and O–H groups in total. The average molecular weight is 415 g/mol. The summed E-state index contributed by atoms with van der Waals surface area (Å²) in [5, 5.41) is 19.2. The second-order valence-corrected chi connectivity index (χ2v) is 5.41. The van der Waals surface area contributed by atoms with E-state index in [-0.39, 0.29) is 28.0 Å². The minimum atomic E-state index is 0. The van der Waals surface area contributed by atoms with Gasteiger partial charge in [-0.1, -0.05) is 24.3 Å². The van der Waals surface area contributed by atoms with E-state index in [1.807, 2.05) is 12.1 Å². The minimum Gasteiger partial charge on any atom is -0.507 e. The predicted octanol–water partition coefficient (Wildman–Crippen LogP) is 2.67. The van der Waals surface area contributed by atoms with Crippen molar-refractivity contribution in [1.29, 1.82) is 0 Å². The zero-order valence-electron chi connectivity index (χ0n) is 14.9. The second kappa shape index (κ2) is 13.9. The van der Waals surface area contributed by atoms with Crippen molar-refractivity contribution in [2.75, 3.05) is 39.5 Å². The van der Waals surface area contributed by atoms with Crippen molar-refractivity contribution in [2.24, 2.45) is 9.98 Å². The van der Waals surface area contributed by atoms with Crippen LogP contribution in [0.5, 0.6) is 11.5 Å². The topological polar surface area (TPSA) is 83.6 Å². The fraction of sp³-hybridized carbons (Fsp3) is 0.300. The Labute approximate surface area is 169 Å². The van der Waals surface area contributed by atoms with E-state index in [9.17, 15) is 10.2 Å². The molecular weight excluding hydrogens is 391 g/mol. The Kier molecular flexibility index (Phi) is 11.8. The van der Waals surface area contributed by atoms with E-state index in [1.165, 1.54) is 0 Å². The van der Waals surface area contributed by atoms with Crippen LogP contribution < -0.4 is 0 Å². The summed E-state index contributed by atoms with van der Waals surface area (Å²) in [6.45, 7) is 3.04. The van der Waals surface area contributed by atoms with Crippen LogP contribution in [0.3, 0.4) is 0 Å². The first kappa shape index (κ1) is 22.8. The third-order valence-corrected chi connectivity index (χ3v) is 3.44. The molecular formula is C20H24N2NiO4. The van der Waals surface area contributed by atoms with E-state index in [1.54, 1.807) is 48.8 Å². The molecule has 0 saturated heterocycles. The summed E-state index contributed by atoms with van der Waals surface area (Å²) in [7, 11) is 0. The number of aromatic hydroxyl groups is 2. The maximum absolute atomic E-state index is 9.59. The molecule has 2 aromatic rings. The summed E-state index contributed by atoms with van der Waals surface area (Å²) in [5.41, 5.74) is 1.39. The van der Waals surface area contributed by atoms with E-state index < -0.39 is 0 Å². The van der Waals surface area contributed by atoms with Crippen LogP contribution in [-0.4, -0.2) is 62.2 Å². The van der Waals surface area contributed by atoms with Crippen molar-refractivity contribution >= 4 is 12.4 Å². The van der Waals surface area contributed by atoms with Crippen molar-refractivity contribution in [3.63, 3.8) is 0 Å². The van der Waals surface area contributed by atoms with E-state index in [2.05, 4.69) is 9.98 Å². The Morgan fingerprint density at radius 2 is 1.07 bits per heavy atom. The van der Waals surface area contributed by atoms with Gasteiger partial charge in [0.25, 0.3) is 0 Å². The first-order valence-corrected chi connectivity index (χ1v) is 8.48. The molecule has 2 aromatic carbocycles. The molecule has 0 amide bonds. The molecule has 0 fully saturated rings. The molecule has 0 spiro atoms. The van der Waals surface area contributed by atoms with Crippen molar-refractivity contribution in [3.05, 3.63) is 59.7 Å². The number of phenols is 2. The standard InChI is InChI=1S/C20H24N2O4.Ni/c23-19-7-3-1-5-17(19)15-21-9-11-25-13-14-26-12-10-22-16-18-6-2-4-8-20(18)24;/h1-8,15-16,23-24H,9-14H2;. The van der Waals surface area contributed by atoms with Crippen LogP contribution in [0.4, 0.5) is 0 Å².